The second-order valence-electron chi connectivity index (χ2n) is 19.1. The summed E-state index contributed by atoms with van der Waals surface area (Å²) in [5, 5.41) is 19.9. The number of imide groups is 1. The zero-order valence-corrected chi connectivity index (χ0v) is 39.6. The van der Waals surface area contributed by atoms with Gasteiger partial charge in [0.05, 0.1) is 39.6 Å². The monoisotopic (exact) mass is 982 g/mol. The minimum absolute atomic E-state index is 0.0696. The van der Waals surface area contributed by atoms with Gasteiger partial charge in [-0.15, -0.1) is 0 Å². The van der Waals surface area contributed by atoms with Gasteiger partial charge in [-0.05, 0) is 105 Å². The molecule has 0 radical (unpaired) electrons. The molecule has 6 heterocycles. The van der Waals surface area contributed by atoms with Crippen LogP contribution in [0.15, 0.2) is 60.7 Å². The summed E-state index contributed by atoms with van der Waals surface area (Å²) in [6, 6.07) is 14.6. The number of nitrogens with one attached hydrogen (secondary N) is 4. The van der Waals surface area contributed by atoms with E-state index in [-0.39, 0.29) is 54.6 Å². The first-order chi connectivity index (χ1) is 34.3. The van der Waals surface area contributed by atoms with Gasteiger partial charge in [0.25, 0.3) is 23.6 Å². The molecule has 378 valence electrons. The van der Waals surface area contributed by atoms with Crippen LogP contribution in [-0.4, -0.2) is 157 Å². The Balaban J connectivity index is 0.623. The number of ether oxygens (including phenoxy) is 3. The highest BCUT2D eigenvalue weighted by Crippen LogP contribution is 2.42. The van der Waals surface area contributed by atoms with Gasteiger partial charge in [-0.3, -0.25) is 34.1 Å². The van der Waals surface area contributed by atoms with E-state index in [0.29, 0.717) is 106 Å². The molecule has 20 heteroatoms. The van der Waals surface area contributed by atoms with E-state index in [2.05, 4.69) is 25.8 Å². The Morgan fingerprint density at radius 3 is 2.24 bits per heavy atom. The van der Waals surface area contributed by atoms with E-state index >= 15 is 0 Å². The van der Waals surface area contributed by atoms with E-state index in [1.54, 1.807) is 30.3 Å². The Hall–Kier alpha value is -6.32. The summed E-state index contributed by atoms with van der Waals surface area (Å²) >= 11 is 0. The van der Waals surface area contributed by atoms with E-state index in [4.69, 9.17) is 14.2 Å². The van der Waals surface area contributed by atoms with Crippen LogP contribution in [0.1, 0.15) is 76.9 Å². The Morgan fingerprint density at radius 2 is 1.51 bits per heavy atom. The molecule has 2 atom stereocenters. The van der Waals surface area contributed by atoms with Crippen molar-refractivity contribution in [1.82, 2.24) is 30.3 Å². The molecule has 1 spiro atoms. The van der Waals surface area contributed by atoms with Gasteiger partial charge >= 0.3 is 0 Å². The van der Waals surface area contributed by atoms with Crippen molar-refractivity contribution in [2.75, 3.05) is 95.7 Å². The number of hydrogen-bond acceptors (Lipinski definition) is 12. The number of carbonyl (C=O) groups excluding carboxylic acids is 6. The number of halogens is 2. The molecular formula is C51H60F2N8O10. The van der Waals surface area contributed by atoms with E-state index < -0.39 is 41.0 Å². The highest BCUT2D eigenvalue weighted by molar-refractivity contribution is 6.16. The average Bonchev–Trinajstić information content (AvgIpc) is 4.04. The van der Waals surface area contributed by atoms with Gasteiger partial charge in [-0.2, -0.15) is 0 Å². The third-order valence-corrected chi connectivity index (χ3v) is 14.7. The second-order valence-corrected chi connectivity index (χ2v) is 19.1. The molecular weight excluding hydrogens is 923 g/mol. The molecule has 5 aliphatic heterocycles. The van der Waals surface area contributed by atoms with Crippen LogP contribution in [0.4, 0.5) is 20.2 Å². The standard InChI is InChI=1S/C51H60F2N8O10/c52-35-26-33(27-36(53)30-35)31-55-48(66)51(68)12-18-60(49(51)67)37-4-5-40-34(28-37)29-42(56-40)47(65)59-16-10-50(11-17-59)8-14-58(15-9-50)19-21-70-23-25-71-24-22-69-20-13-54-41-3-1-2-38-39(41)32-61(46(38)64)43-6-7-44(62)57-45(43)63/h1-5,26-30,43,54,56,68H,6-25,31-32H2,(H,55,66)(H,57,62,63)/t43?,51-/m0/s1. The molecule has 3 aromatic carbocycles. The number of H-pyrrole nitrogens is 1. The molecule has 0 bridgehead atoms. The van der Waals surface area contributed by atoms with Crippen molar-refractivity contribution in [3.63, 3.8) is 0 Å². The first kappa shape index (κ1) is 49.7. The molecule has 9 rings (SSSR count). The first-order valence-corrected chi connectivity index (χ1v) is 24.4. The topological polar surface area (TPSA) is 215 Å². The number of carbonyl (C=O) groups is 6. The van der Waals surface area contributed by atoms with Gasteiger partial charge in [-0.1, -0.05) is 6.07 Å². The van der Waals surface area contributed by atoms with Crippen LogP contribution in [0.2, 0.25) is 0 Å². The van der Waals surface area contributed by atoms with Crippen LogP contribution in [-0.2, 0) is 46.5 Å². The summed E-state index contributed by atoms with van der Waals surface area (Å²) in [6.45, 7) is 7.64. The van der Waals surface area contributed by atoms with Gasteiger partial charge in [0.15, 0.2) is 0 Å². The number of likely N-dealkylation sites (tertiary alicyclic amines) is 2. The molecule has 0 aliphatic carbocycles. The van der Waals surface area contributed by atoms with Crippen molar-refractivity contribution < 1.29 is 56.9 Å². The maximum absolute atomic E-state index is 13.7. The summed E-state index contributed by atoms with van der Waals surface area (Å²) in [5.74, 6) is -4.41. The number of rotatable bonds is 19. The van der Waals surface area contributed by atoms with Crippen molar-refractivity contribution in [2.45, 2.75) is 69.7 Å². The maximum Gasteiger partial charge on any atom is 0.270 e. The predicted molar refractivity (Wildman–Crippen MR) is 255 cm³/mol. The molecule has 1 aromatic heterocycles. The lowest BCUT2D eigenvalue weighted by molar-refractivity contribution is -0.149. The number of fused-ring (bicyclic) bond motifs is 2. The normalized spacial score (nSPS) is 21.3. The molecule has 4 saturated heterocycles. The summed E-state index contributed by atoms with van der Waals surface area (Å²) < 4.78 is 44.5. The zero-order chi connectivity index (χ0) is 49.7. The molecule has 4 aromatic rings. The Labute approximate surface area is 409 Å². The second kappa shape index (κ2) is 21.6. The zero-order valence-electron chi connectivity index (χ0n) is 39.6. The SMILES string of the molecule is O=C1CCC(N2Cc3c(NCCOCCOCCOCCN4CCC5(CC4)CCN(C(=O)c4cc6cc(N7CC[C@](O)(C(=O)NCc8cc(F)cc(F)c8)C7=O)ccc6[nH]4)CC5)cccc3C2=O)C(=O)N1. The summed E-state index contributed by atoms with van der Waals surface area (Å²) in [4.78, 5) is 87.5. The number of benzene rings is 3. The fourth-order valence-electron chi connectivity index (χ4n) is 10.5. The molecule has 0 saturated carbocycles. The van der Waals surface area contributed by atoms with Crippen LogP contribution >= 0.6 is 0 Å². The molecule has 71 heavy (non-hydrogen) atoms. The third-order valence-electron chi connectivity index (χ3n) is 14.7. The number of anilines is 2. The van der Waals surface area contributed by atoms with E-state index in [9.17, 15) is 42.7 Å². The van der Waals surface area contributed by atoms with Crippen LogP contribution in [0.25, 0.3) is 10.9 Å². The molecule has 4 fully saturated rings. The molecule has 1 unspecified atom stereocenters. The van der Waals surface area contributed by atoms with Crippen LogP contribution < -0.4 is 20.9 Å². The average molecular weight is 983 g/mol. The number of aromatic amines is 1. The van der Waals surface area contributed by atoms with Gasteiger partial charge < -0.3 is 54.5 Å². The molecule has 5 aliphatic rings. The third kappa shape index (κ3) is 11.1. The fourth-order valence-corrected chi connectivity index (χ4v) is 10.5. The molecule has 6 amide bonds. The van der Waals surface area contributed by atoms with Crippen molar-refractivity contribution in [3.8, 4) is 0 Å². The van der Waals surface area contributed by atoms with Gasteiger partial charge in [0.1, 0.15) is 23.4 Å². The lowest BCUT2D eigenvalue weighted by Crippen LogP contribution is -2.52. The maximum atomic E-state index is 13.7. The highest BCUT2D eigenvalue weighted by atomic mass is 19.1. The van der Waals surface area contributed by atoms with Crippen LogP contribution in [0.3, 0.4) is 0 Å². The van der Waals surface area contributed by atoms with E-state index in [0.717, 1.165) is 68.7 Å². The van der Waals surface area contributed by atoms with Crippen LogP contribution in [0.5, 0.6) is 0 Å². The van der Waals surface area contributed by atoms with Crippen molar-refractivity contribution in [3.05, 3.63) is 94.7 Å². The van der Waals surface area contributed by atoms with Crippen molar-refractivity contribution in [2.24, 2.45) is 5.41 Å². The summed E-state index contributed by atoms with van der Waals surface area (Å²) in [5.41, 5.74) is 1.83. The number of piperidine rings is 3. The Morgan fingerprint density at radius 1 is 0.803 bits per heavy atom. The van der Waals surface area contributed by atoms with Gasteiger partial charge in [-0.25, -0.2) is 8.78 Å². The molecule has 5 N–H and O–H groups in total. The van der Waals surface area contributed by atoms with Gasteiger partial charge in [0, 0.05) is 98.1 Å². The smallest absolute Gasteiger partial charge is 0.270 e. The minimum Gasteiger partial charge on any atom is -0.382 e. The van der Waals surface area contributed by atoms with E-state index in [1.165, 1.54) is 9.80 Å². The van der Waals surface area contributed by atoms with Crippen molar-refractivity contribution in [1.29, 1.82) is 0 Å². The number of nitrogens with zero attached hydrogens (tertiary/aromatic N) is 4. The summed E-state index contributed by atoms with van der Waals surface area (Å²) in [7, 11) is 0. The Bertz CT molecular complexity index is 2640. The lowest BCUT2D eigenvalue weighted by atomic mass is 9.71. The first-order valence-electron chi connectivity index (χ1n) is 24.4. The predicted octanol–water partition coefficient (Wildman–Crippen LogP) is 3.47. The molecule has 18 nitrogen and oxygen atoms in total. The largest absolute Gasteiger partial charge is 0.382 e. The van der Waals surface area contributed by atoms with Gasteiger partial charge in [0.2, 0.25) is 17.4 Å². The fraction of sp³-hybridized carbons (Fsp3) is 0.490. The lowest BCUT2D eigenvalue weighted by Gasteiger charge is -2.46. The van der Waals surface area contributed by atoms with E-state index in [1.807, 2.05) is 17.0 Å². The number of amides is 6. The Kier molecular flexibility index (Phi) is 15.1. The highest BCUT2D eigenvalue weighted by Gasteiger charge is 2.52. The van der Waals surface area contributed by atoms with Crippen LogP contribution in [0, 0.1) is 17.0 Å². The quantitative estimate of drug-likeness (QED) is 0.0519. The van der Waals surface area contributed by atoms with Crippen molar-refractivity contribution >= 4 is 57.7 Å². The minimum atomic E-state index is -2.35. The number of hydrogen-bond donors (Lipinski definition) is 5. The summed E-state index contributed by atoms with van der Waals surface area (Å²) in [6.07, 6.45) is 4.36. The number of aromatic nitrogens is 1. The number of aliphatic hydroxyl groups is 1.